The summed E-state index contributed by atoms with van der Waals surface area (Å²) >= 11 is 1.58. The second kappa shape index (κ2) is 7.60. The number of amides is 1. The van der Waals surface area contributed by atoms with Crippen LogP contribution in [0.3, 0.4) is 0 Å². The Morgan fingerprint density at radius 2 is 2.05 bits per heavy atom. The zero-order valence-corrected chi connectivity index (χ0v) is 12.8. The van der Waals surface area contributed by atoms with Crippen LogP contribution in [0.15, 0.2) is 6.20 Å². The summed E-state index contributed by atoms with van der Waals surface area (Å²) in [5, 5.41) is 14.3. The minimum absolute atomic E-state index is 0.0875. The van der Waals surface area contributed by atoms with Gasteiger partial charge in [0.25, 0.3) is 0 Å². The number of hydrogen-bond acceptors (Lipinski definition) is 4. The fourth-order valence-corrected chi connectivity index (χ4v) is 3.00. The van der Waals surface area contributed by atoms with Crippen molar-refractivity contribution in [2.24, 2.45) is 0 Å². The van der Waals surface area contributed by atoms with Gasteiger partial charge >= 0.3 is 0 Å². The first kappa shape index (κ1) is 16.1. The quantitative estimate of drug-likeness (QED) is 0.771. The number of nitrogens with zero attached hydrogens (tertiary/aromatic N) is 1. The number of hydrogen-bond donors (Lipinski definition) is 2. The Labute approximate surface area is 119 Å². The van der Waals surface area contributed by atoms with Gasteiger partial charge in [0.1, 0.15) is 0 Å². The van der Waals surface area contributed by atoms with Crippen LogP contribution in [0.5, 0.6) is 0 Å². The van der Waals surface area contributed by atoms with Crippen molar-refractivity contribution >= 4 is 17.2 Å². The van der Waals surface area contributed by atoms with Gasteiger partial charge in [0.05, 0.1) is 23.6 Å². The van der Waals surface area contributed by atoms with E-state index in [1.165, 1.54) is 0 Å². The zero-order chi connectivity index (χ0) is 14.3. The molecule has 1 heterocycles. The Hall–Kier alpha value is -0.940. The molecule has 0 aliphatic carbocycles. The first-order chi connectivity index (χ1) is 8.99. The normalized spacial score (nSPS) is 11.6. The molecule has 108 valence electrons. The second-order valence-electron chi connectivity index (χ2n) is 5.02. The third-order valence-corrected chi connectivity index (χ3v) is 3.96. The van der Waals surface area contributed by atoms with E-state index in [2.05, 4.69) is 10.3 Å². The van der Waals surface area contributed by atoms with Gasteiger partial charge in [0.2, 0.25) is 5.91 Å². The first-order valence-corrected chi connectivity index (χ1v) is 7.71. The van der Waals surface area contributed by atoms with Gasteiger partial charge in [-0.2, -0.15) is 0 Å². The van der Waals surface area contributed by atoms with Crippen LogP contribution in [0.25, 0.3) is 0 Å². The summed E-state index contributed by atoms with van der Waals surface area (Å²) in [7, 11) is 0. The highest BCUT2D eigenvalue weighted by Crippen LogP contribution is 2.23. The number of carbonyl (C=O) groups excluding carboxylic acids is 1. The van der Waals surface area contributed by atoms with E-state index in [4.69, 9.17) is 0 Å². The summed E-state index contributed by atoms with van der Waals surface area (Å²) in [5.41, 5.74) is -0.850. The largest absolute Gasteiger partial charge is 0.389 e. The van der Waals surface area contributed by atoms with Gasteiger partial charge in [-0.25, -0.2) is 4.98 Å². The predicted octanol–water partition coefficient (Wildman–Crippen LogP) is 2.79. The number of aliphatic hydroxyl groups is 1. The van der Waals surface area contributed by atoms with Crippen molar-refractivity contribution in [1.29, 1.82) is 0 Å². The van der Waals surface area contributed by atoms with E-state index in [1.54, 1.807) is 17.5 Å². The fraction of sp³-hybridized carbons (Fsp3) is 0.714. The van der Waals surface area contributed by atoms with Crippen molar-refractivity contribution in [3.8, 4) is 0 Å². The number of rotatable bonds is 8. The highest BCUT2D eigenvalue weighted by Gasteiger charge is 2.27. The molecule has 0 aromatic carbocycles. The number of nitrogens with one attached hydrogen (secondary N) is 1. The Balaban J connectivity index is 2.44. The van der Waals surface area contributed by atoms with E-state index in [-0.39, 0.29) is 12.3 Å². The van der Waals surface area contributed by atoms with Crippen LogP contribution in [-0.2, 0) is 11.3 Å². The molecular weight excluding hydrogens is 260 g/mol. The van der Waals surface area contributed by atoms with Crippen molar-refractivity contribution in [3.63, 3.8) is 0 Å². The third-order valence-electron chi connectivity index (χ3n) is 3.05. The highest BCUT2D eigenvalue weighted by atomic mass is 32.1. The molecule has 4 nitrogen and oxygen atoms in total. The summed E-state index contributed by atoms with van der Waals surface area (Å²) in [5.74, 6) is -0.0875. The second-order valence-corrected chi connectivity index (χ2v) is 6.34. The first-order valence-electron chi connectivity index (χ1n) is 6.89. The van der Waals surface area contributed by atoms with Crippen LogP contribution in [0.2, 0.25) is 0 Å². The maximum atomic E-state index is 11.9. The van der Waals surface area contributed by atoms with Crippen molar-refractivity contribution in [1.82, 2.24) is 10.3 Å². The van der Waals surface area contributed by atoms with Crippen LogP contribution in [0, 0.1) is 6.92 Å². The lowest BCUT2D eigenvalue weighted by Crippen LogP contribution is -2.36. The lowest BCUT2D eigenvalue weighted by molar-refractivity contribution is -0.126. The van der Waals surface area contributed by atoms with Crippen molar-refractivity contribution < 1.29 is 9.90 Å². The smallest absolute Gasteiger partial charge is 0.223 e. The topological polar surface area (TPSA) is 62.2 Å². The van der Waals surface area contributed by atoms with E-state index in [0.717, 1.165) is 22.7 Å². The van der Waals surface area contributed by atoms with Gasteiger partial charge in [0.15, 0.2) is 0 Å². The van der Waals surface area contributed by atoms with Crippen LogP contribution >= 0.6 is 11.3 Å². The van der Waals surface area contributed by atoms with Crippen molar-refractivity contribution in [2.45, 2.75) is 65.0 Å². The molecule has 0 bridgehead atoms. The lowest BCUT2D eigenvalue weighted by Gasteiger charge is -2.26. The maximum absolute atomic E-state index is 11.9. The minimum atomic E-state index is -0.850. The average Bonchev–Trinajstić information content (AvgIpc) is 2.73. The number of aryl methyl sites for hydroxylation is 1. The zero-order valence-electron chi connectivity index (χ0n) is 12.0. The summed E-state index contributed by atoms with van der Waals surface area (Å²) < 4.78 is 0. The molecule has 0 aliphatic rings. The van der Waals surface area contributed by atoms with Gasteiger partial charge in [-0.15, -0.1) is 11.3 Å². The summed E-state index contributed by atoms with van der Waals surface area (Å²) in [6, 6.07) is 0. The molecule has 0 atom stereocenters. The van der Waals surface area contributed by atoms with Gasteiger partial charge in [-0.05, 0) is 19.8 Å². The van der Waals surface area contributed by atoms with E-state index in [9.17, 15) is 9.90 Å². The number of aromatic nitrogens is 1. The molecule has 0 aliphatic heterocycles. The lowest BCUT2D eigenvalue weighted by atomic mass is 9.89. The third kappa shape index (κ3) is 5.70. The van der Waals surface area contributed by atoms with Gasteiger partial charge in [-0.3, -0.25) is 4.79 Å². The van der Waals surface area contributed by atoms with E-state index >= 15 is 0 Å². The summed E-state index contributed by atoms with van der Waals surface area (Å²) in [4.78, 5) is 17.1. The molecule has 0 spiro atoms. The summed E-state index contributed by atoms with van der Waals surface area (Å²) in [6.07, 6.45) is 5.09. The van der Waals surface area contributed by atoms with Crippen LogP contribution in [-0.4, -0.2) is 21.6 Å². The Bertz CT molecular complexity index is 398. The highest BCUT2D eigenvalue weighted by molar-refractivity contribution is 7.11. The van der Waals surface area contributed by atoms with Gasteiger partial charge < -0.3 is 10.4 Å². The molecule has 0 radical (unpaired) electrons. The molecule has 5 heteroatoms. The molecular formula is C14H24N2O2S. The van der Waals surface area contributed by atoms with Crippen molar-refractivity contribution in [2.75, 3.05) is 0 Å². The Morgan fingerprint density at radius 1 is 1.42 bits per heavy atom. The molecule has 1 aromatic rings. The minimum Gasteiger partial charge on any atom is -0.389 e. The van der Waals surface area contributed by atoms with Crippen LogP contribution < -0.4 is 5.32 Å². The van der Waals surface area contributed by atoms with Crippen molar-refractivity contribution in [3.05, 3.63) is 16.1 Å². The molecule has 0 saturated carbocycles. The molecule has 2 N–H and O–H groups in total. The molecule has 0 saturated heterocycles. The molecule has 0 fully saturated rings. The summed E-state index contributed by atoms with van der Waals surface area (Å²) in [6.45, 7) is 6.49. The maximum Gasteiger partial charge on any atom is 0.223 e. The van der Waals surface area contributed by atoms with E-state index in [1.807, 2.05) is 20.8 Å². The van der Waals surface area contributed by atoms with Gasteiger partial charge in [0, 0.05) is 11.1 Å². The molecule has 1 aromatic heterocycles. The Kier molecular flexibility index (Phi) is 6.45. The van der Waals surface area contributed by atoms with Crippen LogP contribution in [0.1, 0.15) is 55.8 Å². The monoisotopic (exact) mass is 284 g/mol. The number of carbonyl (C=O) groups is 1. The molecule has 1 rings (SSSR count). The SMILES string of the molecule is CCCC(O)(CCC)CC(=O)NCc1cnc(C)s1. The van der Waals surface area contributed by atoms with Gasteiger partial charge in [-0.1, -0.05) is 26.7 Å². The molecule has 19 heavy (non-hydrogen) atoms. The molecule has 0 unspecified atom stereocenters. The average molecular weight is 284 g/mol. The Morgan fingerprint density at radius 3 is 2.53 bits per heavy atom. The number of thiazole rings is 1. The predicted molar refractivity (Wildman–Crippen MR) is 78.1 cm³/mol. The molecule has 1 amide bonds. The van der Waals surface area contributed by atoms with Crippen LogP contribution in [0.4, 0.5) is 0 Å². The fourth-order valence-electron chi connectivity index (χ4n) is 2.27. The standard InChI is InChI=1S/C14H24N2O2S/c1-4-6-14(18,7-5-2)8-13(17)16-10-12-9-15-11(3)19-12/h9,18H,4-8,10H2,1-3H3,(H,16,17). The van der Waals surface area contributed by atoms with E-state index < -0.39 is 5.60 Å². The van der Waals surface area contributed by atoms with E-state index in [0.29, 0.717) is 19.4 Å².